The van der Waals surface area contributed by atoms with Gasteiger partial charge in [0.2, 0.25) is 0 Å². The Morgan fingerprint density at radius 2 is 0.846 bits per heavy atom. The maximum Gasteiger partial charge on any atom is 0.264 e. The van der Waals surface area contributed by atoms with Crippen LogP contribution in [0, 0.1) is 6.92 Å². The normalized spacial score (nSPS) is 20.1. The Labute approximate surface area is 551 Å². The predicted octanol–water partition coefficient (Wildman–Crippen LogP) is 22.2. The fourth-order valence-electron chi connectivity index (χ4n) is 18.4. The van der Waals surface area contributed by atoms with Gasteiger partial charge in [0.05, 0.1) is 11.4 Å². The minimum absolute atomic E-state index is 0.0250. The van der Waals surface area contributed by atoms with E-state index in [0.29, 0.717) is 0 Å². The van der Waals surface area contributed by atoms with E-state index in [1.54, 1.807) is 0 Å². The van der Waals surface area contributed by atoms with Crippen molar-refractivity contribution in [1.82, 2.24) is 0 Å². The highest BCUT2D eigenvalue weighted by Crippen LogP contribution is 2.60. The zero-order chi connectivity index (χ0) is 65.0. The first-order valence-electron chi connectivity index (χ1n) is 34.5. The van der Waals surface area contributed by atoms with Gasteiger partial charge in [0.25, 0.3) is 6.71 Å². The summed E-state index contributed by atoms with van der Waals surface area (Å²) in [5.74, 6) is 0. The summed E-state index contributed by atoms with van der Waals surface area (Å²) in [4.78, 5) is 5.55. The van der Waals surface area contributed by atoms with Crippen molar-refractivity contribution in [3.8, 4) is 11.1 Å². The molecule has 4 aliphatic carbocycles. The van der Waals surface area contributed by atoms with Gasteiger partial charge in [-0.25, -0.2) is 0 Å². The van der Waals surface area contributed by atoms with Gasteiger partial charge in [-0.15, -0.1) is 11.3 Å². The van der Waals surface area contributed by atoms with Gasteiger partial charge in [-0.2, -0.15) is 0 Å². The molecule has 0 atom stereocenters. The van der Waals surface area contributed by atoms with Crippen molar-refractivity contribution in [3.05, 3.63) is 217 Å². The molecule has 15 rings (SSSR count). The van der Waals surface area contributed by atoms with Crippen LogP contribution >= 0.6 is 11.3 Å². The van der Waals surface area contributed by atoms with Gasteiger partial charge in [0.15, 0.2) is 0 Å². The number of hydrogen-bond donors (Lipinski definition) is 0. The summed E-state index contributed by atoms with van der Waals surface area (Å²) >= 11 is 2.09. The highest BCUT2D eigenvalue weighted by atomic mass is 32.1. The molecule has 3 heterocycles. The zero-order valence-corrected chi connectivity index (χ0v) is 60.2. The third-order valence-corrected chi connectivity index (χ3v) is 25.9. The lowest BCUT2D eigenvalue weighted by atomic mass is 9.35. The highest BCUT2D eigenvalue weighted by molar-refractivity contribution is 7.33. The third kappa shape index (κ3) is 8.53. The molecule has 91 heavy (non-hydrogen) atoms. The lowest BCUT2D eigenvalue weighted by Gasteiger charge is -2.50. The first-order chi connectivity index (χ1) is 42.3. The smallest absolute Gasteiger partial charge is 0.264 e. The molecule has 1 aromatic heterocycles. The maximum atomic E-state index is 2.78. The molecule has 0 amide bonds. The van der Waals surface area contributed by atoms with E-state index in [0.717, 1.165) is 6.42 Å². The van der Waals surface area contributed by atoms with E-state index in [1.165, 1.54) is 174 Å². The number of aryl methyl sites for hydroxylation is 1. The Morgan fingerprint density at radius 3 is 1.38 bits per heavy atom. The molecule has 9 aromatic rings. The van der Waals surface area contributed by atoms with Crippen molar-refractivity contribution < 1.29 is 0 Å². The van der Waals surface area contributed by atoms with E-state index in [4.69, 9.17) is 0 Å². The van der Waals surface area contributed by atoms with Crippen LogP contribution in [0.3, 0.4) is 0 Å². The lowest BCUT2D eigenvalue weighted by Crippen LogP contribution is -2.61. The van der Waals surface area contributed by atoms with Crippen molar-refractivity contribution in [3.63, 3.8) is 0 Å². The van der Waals surface area contributed by atoms with Gasteiger partial charge in [-0.3, -0.25) is 0 Å². The number of benzene rings is 8. The summed E-state index contributed by atoms with van der Waals surface area (Å²) in [7, 11) is 0. The average Bonchev–Trinajstić information content (AvgIpc) is 1.62. The molecule has 2 nitrogen and oxygen atoms in total. The molecular weight excluding hydrogens is 1120 g/mol. The van der Waals surface area contributed by atoms with Crippen LogP contribution < -0.4 is 25.5 Å². The van der Waals surface area contributed by atoms with E-state index in [-0.39, 0.29) is 60.9 Å². The zero-order valence-electron chi connectivity index (χ0n) is 59.4. The van der Waals surface area contributed by atoms with Crippen LogP contribution in [0.1, 0.15) is 261 Å². The SMILES string of the molecule is Cc1cc2c3c(c1)N(c1ccc4c(c1)C(C)(C)CCC4(C)C)c1c(sc4cc5c(cc14)C(C)(C)CCC5(C)C)B3c1cc3c(cc1N2c1ccc(C(C)(C)C)cc1-c1ccc(C(C)(C)C)cc1)C(C)(C)c1cc2c(cc1C3(C)C)C(C)(C)c1ccccc1C2(C)C. The van der Waals surface area contributed by atoms with Crippen molar-refractivity contribution >= 4 is 78.0 Å². The largest absolute Gasteiger partial charge is 0.311 e. The van der Waals surface area contributed by atoms with E-state index in [2.05, 4.69) is 314 Å². The van der Waals surface area contributed by atoms with Crippen LogP contribution in [0.15, 0.2) is 133 Å². The minimum atomic E-state index is -0.341. The molecule has 0 saturated carbocycles. The first kappa shape index (κ1) is 60.6. The second-order valence-electron chi connectivity index (χ2n) is 36.0. The van der Waals surface area contributed by atoms with Crippen LogP contribution in [0.5, 0.6) is 0 Å². The van der Waals surface area contributed by atoms with Gasteiger partial charge < -0.3 is 9.80 Å². The summed E-state index contributed by atoms with van der Waals surface area (Å²) in [6.45, 7) is 56.5. The average molecular weight is 1220 g/mol. The molecule has 0 fully saturated rings. The molecule has 0 unspecified atom stereocenters. The summed E-state index contributed by atoms with van der Waals surface area (Å²) < 4.78 is 2.85. The number of hydrogen-bond acceptors (Lipinski definition) is 3. The Bertz CT molecular complexity index is 4620. The molecule has 8 aromatic carbocycles. The van der Waals surface area contributed by atoms with E-state index in [1.807, 2.05) is 0 Å². The second kappa shape index (κ2) is 18.8. The van der Waals surface area contributed by atoms with Crippen LogP contribution in [0.4, 0.5) is 34.1 Å². The summed E-state index contributed by atoms with van der Waals surface area (Å²) in [6, 6.07) is 55.4. The summed E-state index contributed by atoms with van der Waals surface area (Å²) in [5.41, 5.74) is 33.8. The van der Waals surface area contributed by atoms with E-state index < -0.39 is 0 Å². The lowest BCUT2D eigenvalue weighted by molar-refractivity contribution is 0.332. The van der Waals surface area contributed by atoms with Crippen molar-refractivity contribution in [2.75, 3.05) is 9.80 Å². The van der Waals surface area contributed by atoms with Crippen LogP contribution in [0.25, 0.3) is 21.2 Å². The molecule has 2 aliphatic heterocycles. The van der Waals surface area contributed by atoms with Crippen LogP contribution in [0.2, 0.25) is 0 Å². The van der Waals surface area contributed by atoms with Gasteiger partial charge in [0.1, 0.15) is 0 Å². The van der Waals surface area contributed by atoms with Gasteiger partial charge in [0, 0.05) is 64.8 Å². The Morgan fingerprint density at radius 1 is 0.385 bits per heavy atom. The second-order valence-corrected chi connectivity index (χ2v) is 37.1. The number of rotatable bonds is 3. The molecule has 0 saturated heterocycles. The quantitative estimate of drug-likeness (QED) is 0.163. The molecule has 4 heteroatoms. The fourth-order valence-corrected chi connectivity index (χ4v) is 19.7. The Hall–Kier alpha value is -6.62. The predicted molar refractivity (Wildman–Crippen MR) is 395 cm³/mol. The first-order valence-corrected chi connectivity index (χ1v) is 35.3. The number of anilines is 6. The highest BCUT2D eigenvalue weighted by Gasteiger charge is 2.52. The molecule has 0 N–H and O–H groups in total. The van der Waals surface area contributed by atoms with Gasteiger partial charge >= 0.3 is 0 Å². The molecule has 0 spiro atoms. The third-order valence-electron chi connectivity index (χ3n) is 24.6. The van der Waals surface area contributed by atoms with E-state index >= 15 is 0 Å². The molecule has 466 valence electrons. The fraction of sp³-hybridized carbons (Fsp3) is 0.425. The summed E-state index contributed by atoms with van der Waals surface area (Å²) in [6.07, 6.45) is 4.70. The Kier molecular flexibility index (Phi) is 12.5. The van der Waals surface area contributed by atoms with E-state index in [9.17, 15) is 0 Å². The standard InChI is InChI=1S/C87H99BN2S/c1-50-40-72-75-73(41-50)90(70-35-32-53(79(5,6)7)42-55(70)51-28-30-52(31-29-51)78(2,3)4)71-48-68-67(86(20,21)65-45-63-64(46-66(65)87(68,22)23)85(18,19)59-27-25-24-26-58(59)84(63,16)17)47-69(71)88(75)77-76(56-44-61-62(49-74(56)91-77)83(14,15)39-38-82(61,12)13)89(72)54-33-34-57-60(43-54)81(10,11)37-36-80(57,8)9/h24-35,40-49H,36-39H2,1-23H3. The topological polar surface area (TPSA) is 6.48 Å². The monoisotopic (exact) mass is 1210 g/mol. The van der Waals surface area contributed by atoms with Crippen molar-refractivity contribution in [2.45, 2.75) is 239 Å². The van der Waals surface area contributed by atoms with Crippen LogP contribution in [-0.4, -0.2) is 6.71 Å². The van der Waals surface area contributed by atoms with Crippen LogP contribution in [-0.2, 0) is 54.1 Å². The van der Waals surface area contributed by atoms with Crippen molar-refractivity contribution in [2.24, 2.45) is 0 Å². The molecular formula is C87H99BN2S. The number of nitrogens with zero attached hydrogens (tertiary/aromatic N) is 2. The maximum absolute atomic E-state index is 2.78. The molecule has 0 radical (unpaired) electrons. The Balaban J connectivity index is 1.07. The molecule has 0 bridgehead atoms. The number of fused-ring (bicyclic) bond motifs is 12. The van der Waals surface area contributed by atoms with Gasteiger partial charge in [-0.05, 0) is 220 Å². The van der Waals surface area contributed by atoms with Gasteiger partial charge in [-0.1, -0.05) is 231 Å². The summed E-state index contributed by atoms with van der Waals surface area (Å²) in [5, 5.41) is 1.39. The molecule has 6 aliphatic rings. The minimum Gasteiger partial charge on any atom is -0.311 e. The number of thiophene rings is 1. The van der Waals surface area contributed by atoms with Crippen molar-refractivity contribution in [1.29, 1.82) is 0 Å².